The number of rotatable bonds is 7. The van der Waals surface area contributed by atoms with Crippen LogP contribution in [-0.2, 0) is 19.6 Å². The summed E-state index contributed by atoms with van der Waals surface area (Å²) in [6.45, 7) is 4.81. The second-order valence-corrected chi connectivity index (χ2v) is 8.07. The number of benzene rings is 2. The molecule has 0 saturated carbocycles. The first-order chi connectivity index (χ1) is 13.1. The van der Waals surface area contributed by atoms with Gasteiger partial charge in [0.2, 0.25) is 10.0 Å². The van der Waals surface area contributed by atoms with Gasteiger partial charge in [-0.1, -0.05) is 12.1 Å². The number of carbonyl (C=O) groups excluding carboxylic acids is 2. The molecule has 2 rings (SSSR count). The highest BCUT2D eigenvalue weighted by atomic mass is 32.2. The van der Waals surface area contributed by atoms with Crippen LogP contribution in [0.3, 0.4) is 0 Å². The minimum Gasteiger partial charge on any atom is -0.507 e. The first kappa shape index (κ1) is 21.4. The summed E-state index contributed by atoms with van der Waals surface area (Å²) in [6, 6.07) is 11.2. The molecule has 28 heavy (non-hydrogen) atoms. The molecule has 0 aliphatic rings. The summed E-state index contributed by atoms with van der Waals surface area (Å²) >= 11 is 0. The zero-order valence-electron chi connectivity index (χ0n) is 15.7. The number of hydrogen-bond acceptors (Lipinski definition) is 6. The van der Waals surface area contributed by atoms with Gasteiger partial charge in [-0.05, 0) is 57.2 Å². The van der Waals surface area contributed by atoms with Gasteiger partial charge in [0.25, 0.3) is 5.91 Å². The van der Waals surface area contributed by atoms with Gasteiger partial charge in [0.05, 0.1) is 4.90 Å². The maximum Gasteiger partial charge on any atom is 0.342 e. The fourth-order valence-corrected chi connectivity index (χ4v) is 3.51. The fraction of sp³-hybridized carbons (Fsp3) is 0.263. The Hall–Kier alpha value is -2.91. The zero-order chi connectivity index (χ0) is 20.9. The van der Waals surface area contributed by atoms with E-state index in [9.17, 15) is 23.1 Å². The van der Waals surface area contributed by atoms with E-state index in [1.54, 1.807) is 26.0 Å². The number of nitrogens with one attached hydrogen (secondary N) is 2. The van der Waals surface area contributed by atoms with Gasteiger partial charge in [0.15, 0.2) is 6.10 Å². The Kier molecular flexibility index (Phi) is 6.76. The van der Waals surface area contributed by atoms with E-state index in [-0.39, 0.29) is 22.3 Å². The minimum absolute atomic E-state index is 0.0469. The van der Waals surface area contributed by atoms with E-state index in [4.69, 9.17) is 4.74 Å². The lowest BCUT2D eigenvalue weighted by Crippen LogP contribution is -2.30. The van der Waals surface area contributed by atoms with Gasteiger partial charge in [-0.25, -0.2) is 17.9 Å². The molecule has 1 amide bonds. The highest BCUT2D eigenvalue weighted by molar-refractivity contribution is 7.89. The van der Waals surface area contributed by atoms with Crippen LogP contribution in [0, 0.1) is 0 Å². The van der Waals surface area contributed by atoms with Crippen molar-refractivity contribution in [1.29, 1.82) is 0 Å². The van der Waals surface area contributed by atoms with Crippen LogP contribution in [0.25, 0.3) is 0 Å². The average Bonchev–Trinajstić information content (AvgIpc) is 2.61. The molecule has 0 bridgehead atoms. The van der Waals surface area contributed by atoms with Crippen LogP contribution in [0.4, 0.5) is 5.69 Å². The van der Waals surface area contributed by atoms with Crippen molar-refractivity contribution in [2.45, 2.75) is 37.8 Å². The monoisotopic (exact) mass is 406 g/mol. The quantitative estimate of drug-likeness (QED) is 0.607. The number of para-hydroxylation sites is 1. The Labute approximate surface area is 163 Å². The maximum absolute atomic E-state index is 12.2. The molecule has 0 unspecified atom stereocenters. The molecule has 8 nitrogen and oxygen atoms in total. The molecular formula is C19H22N2O6S. The van der Waals surface area contributed by atoms with Crippen molar-refractivity contribution in [3.63, 3.8) is 0 Å². The largest absolute Gasteiger partial charge is 0.507 e. The minimum atomic E-state index is -3.63. The van der Waals surface area contributed by atoms with Crippen LogP contribution >= 0.6 is 0 Å². The second kappa shape index (κ2) is 8.85. The number of hydrogen-bond donors (Lipinski definition) is 3. The highest BCUT2D eigenvalue weighted by Gasteiger charge is 2.21. The molecule has 2 aromatic carbocycles. The third kappa shape index (κ3) is 5.54. The van der Waals surface area contributed by atoms with Crippen molar-refractivity contribution in [1.82, 2.24) is 4.72 Å². The molecule has 0 aliphatic heterocycles. The van der Waals surface area contributed by atoms with E-state index in [1.165, 1.54) is 43.3 Å². The second-order valence-electron chi connectivity index (χ2n) is 6.35. The number of sulfonamides is 1. The van der Waals surface area contributed by atoms with Crippen LogP contribution < -0.4 is 10.0 Å². The molecule has 0 radical (unpaired) electrons. The number of carbonyl (C=O) groups is 2. The van der Waals surface area contributed by atoms with E-state index in [1.807, 2.05) is 0 Å². The van der Waals surface area contributed by atoms with Crippen molar-refractivity contribution < 1.29 is 27.9 Å². The number of aromatic hydroxyl groups is 1. The van der Waals surface area contributed by atoms with E-state index >= 15 is 0 Å². The predicted octanol–water partition coefficient (Wildman–Crippen LogP) is 2.26. The summed E-state index contributed by atoms with van der Waals surface area (Å²) in [7, 11) is -3.63. The summed E-state index contributed by atoms with van der Waals surface area (Å²) < 4.78 is 31.7. The van der Waals surface area contributed by atoms with Crippen LogP contribution in [-0.4, -0.2) is 37.5 Å². The molecule has 0 spiro atoms. The van der Waals surface area contributed by atoms with Crippen molar-refractivity contribution in [3.05, 3.63) is 54.1 Å². The first-order valence-corrected chi connectivity index (χ1v) is 10.0. The normalized spacial score (nSPS) is 12.4. The van der Waals surface area contributed by atoms with Gasteiger partial charge in [-0.2, -0.15) is 0 Å². The standard InChI is InChI=1S/C19H22N2O6S/c1-12(2)21-28(25,26)15-10-8-14(9-11-15)20-18(23)13(3)27-19(24)16-6-4-5-7-17(16)22/h4-13,21-22H,1-3H3,(H,20,23)/t13-/m1/s1. The van der Waals surface area contributed by atoms with Crippen LogP contribution in [0.15, 0.2) is 53.4 Å². The van der Waals surface area contributed by atoms with E-state index in [2.05, 4.69) is 10.0 Å². The van der Waals surface area contributed by atoms with Gasteiger partial charge in [-0.15, -0.1) is 0 Å². The smallest absolute Gasteiger partial charge is 0.342 e. The molecule has 150 valence electrons. The van der Waals surface area contributed by atoms with Crippen molar-refractivity contribution in [2.24, 2.45) is 0 Å². The predicted molar refractivity (Wildman–Crippen MR) is 104 cm³/mol. The molecule has 9 heteroatoms. The summed E-state index contributed by atoms with van der Waals surface area (Å²) in [5.41, 5.74) is 0.299. The van der Waals surface area contributed by atoms with Gasteiger partial charge in [-0.3, -0.25) is 4.79 Å². The van der Waals surface area contributed by atoms with E-state index < -0.39 is 28.0 Å². The number of phenolic OH excluding ortho intramolecular Hbond substituents is 1. The Morgan fingerprint density at radius 1 is 1.00 bits per heavy atom. The zero-order valence-corrected chi connectivity index (χ0v) is 16.5. The Balaban J connectivity index is 2.00. The Morgan fingerprint density at radius 3 is 2.18 bits per heavy atom. The van der Waals surface area contributed by atoms with Crippen molar-refractivity contribution in [3.8, 4) is 5.75 Å². The molecule has 1 atom stereocenters. The third-order valence-corrected chi connectivity index (χ3v) is 5.27. The molecule has 3 N–H and O–H groups in total. The molecule has 0 fully saturated rings. The Bertz CT molecular complexity index is 955. The van der Waals surface area contributed by atoms with Crippen molar-refractivity contribution >= 4 is 27.6 Å². The summed E-state index contributed by atoms with van der Waals surface area (Å²) in [5, 5.41) is 12.2. The number of anilines is 1. The van der Waals surface area contributed by atoms with Crippen LogP contribution in [0.5, 0.6) is 5.75 Å². The molecule has 0 heterocycles. The molecule has 2 aromatic rings. The molecule has 0 aromatic heterocycles. The van der Waals surface area contributed by atoms with E-state index in [0.717, 1.165) is 0 Å². The lowest BCUT2D eigenvalue weighted by Gasteiger charge is -2.14. The van der Waals surface area contributed by atoms with Gasteiger partial charge < -0.3 is 15.2 Å². The lowest BCUT2D eigenvalue weighted by molar-refractivity contribution is -0.123. The molecule has 0 saturated heterocycles. The van der Waals surface area contributed by atoms with Crippen LogP contribution in [0.1, 0.15) is 31.1 Å². The number of amides is 1. The van der Waals surface area contributed by atoms with E-state index in [0.29, 0.717) is 5.69 Å². The number of ether oxygens (including phenoxy) is 1. The fourth-order valence-electron chi connectivity index (χ4n) is 2.26. The highest BCUT2D eigenvalue weighted by Crippen LogP contribution is 2.18. The third-order valence-electron chi connectivity index (χ3n) is 3.60. The van der Waals surface area contributed by atoms with Gasteiger partial charge >= 0.3 is 5.97 Å². The summed E-state index contributed by atoms with van der Waals surface area (Å²) in [4.78, 5) is 24.3. The van der Waals surface area contributed by atoms with Crippen molar-refractivity contribution in [2.75, 3.05) is 5.32 Å². The Morgan fingerprint density at radius 2 is 1.61 bits per heavy atom. The molecular weight excluding hydrogens is 384 g/mol. The topological polar surface area (TPSA) is 122 Å². The number of phenols is 1. The molecule has 0 aliphatic carbocycles. The lowest BCUT2D eigenvalue weighted by atomic mass is 10.2. The maximum atomic E-state index is 12.2. The summed E-state index contributed by atoms with van der Waals surface area (Å²) in [6.07, 6.45) is -1.13. The summed E-state index contributed by atoms with van der Waals surface area (Å²) in [5.74, 6) is -1.67. The SMILES string of the molecule is CC(C)NS(=O)(=O)c1ccc(NC(=O)[C@@H](C)OC(=O)c2ccccc2O)cc1. The van der Waals surface area contributed by atoms with Crippen LogP contribution in [0.2, 0.25) is 0 Å². The van der Waals surface area contributed by atoms with Gasteiger partial charge in [0.1, 0.15) is 11.3 Å². The first-order valence-electron chi connectivity index (χ1n) is 8.52. The average molecular weight is 406 g/mol. The number of esters is 1. The van der Waals surface area contributed by atoms with Gasteiger partial charge in [0, 0.05) is 11.7 Å².